The highest BCUT2D eigenvalue weighted by Gasteiger charge is 2.41. The summed E-state index contributed by atoms with van der Waals surface area (Å²) in [6, 6.07) is 13.8. The van der Waals surface area contributed by atoms with Gasteiger partial charge in [-0.05, 0) is 41.7 Å². The number of methoxy groups -OCH3 is 1. The number of Topliss-reactive ketones (excluding diaryl/α,β-unsaturated/α-hetero) is 1. The topological polar surface area (TPSA) is 59.6 Å². The summed E-state index contributed by atoms with van der Waals surface area (Å²) >= 11 is 0. The highest BCUT2D eigenvalue weighted by Crippen LogP contribution is 2.46. The first-order valence-electron chi connectivity index (χ1n) is 10.6. The second-order valence-electron chi connectivity index (χ2n) is 8.76. The molecule has 158 valence electrons. The molecule has 2 aromatic rings. The fourth-order valence-corrected chi connectivity index (χ4v) is 4.38. The summed E-state index contributed by atoms with van der Waals surface area (Å²) < 4.78 is 11.4. The van der Waals surface area contributed by atoms with Crippen molar-refractivity contribution >= 4 is 17.2 Å². The number of benzene rings is 2. The average Bonchev–Trinajstić information content (AvgIpc) is 2.87. The molecule has 1 aliphatic heterocycles. The maximum Gasteiger partial charge on any atom is 0.161 e. The normalized spacial score (nSPS) is 21.9. The lowest BCUT2D eigenvalue weighted by atomic mass is 9.72. The maximum absolute atomic E-state index is 13.3. The van der Waals surface area contributed by atoms with E-state index in [1.54, 1.807) is 7.11 Å². The molecule has 0 radical (unpaired) electrons. The van der Waals surface area contributed by atoms with Crippen LogP contribution in [0.1, 0.15) is 45.2 Å². The third-order valence-corrected chi connectivity index (χ3v) is 5.72. The highest BCUT2D eigenvalue weighted by molar-refractivity contribution is 5.90. The predicted molar refractivity (Wildman–Crippen MR) is 120 cm³/mol. The standard InChI is InChI=1S/C25H30N2O3/c1-5-12-30-21-11-10-16(13-22(21)29-4)24-23-19(14-25(2,3)15-20(23)28)26-17-8-6-7-9-18(17)27-24/h6-11,13-14,23-24,26-27H,5,12,15H2,1-4H3/t23-,24-/m1/s1. The number of para-hydroxylation sites is 2. The van der Waals surface area contributed by atoms with E-state index in [9.17, 15) is 4.79 Å². The zero-order chi connectivity index (χ0) is 21.3. The molecular formula is C25H30N2O3. The van der Waals surface area contributed by atoms with E-state index in [2.05, 4.69) is 37.5 Å². The molecule has 2 aliphatic rings. The third-order valence-electron chi connectivity index (χ3n) is 5.72. The third kappa shape index (κ3) is 3.89. The molecule has 30 heavy (non-hydrogen) atoms. The molecule has 0 fully saturated rings. The van der Waals surface area contributed by atoms with Gasteiger partial charge in [-0.25, -0.2) is 0 Å². The Morgan fingerprint density at radius 2 is 1.87 bits per heavy atom. The molecule has 2 N–H and O–H groups in total. The number of hydrogen-bond donors (Lipinski definition) is 2. The van der Waals surface area contributed by atoms with E-state index in [0.29, 0.717) is 18.8 Å². The first-order chi connectivity index (χ1) is 14.4. The Morgan fingerprint density at radius 1 is 1.10 bits per heavy atom. The van der Waals surface area contributed by atoms with Crippen molar-refractivity contribution in [3.63, 3.8) is 0 Å². The number of ketones is 1. The van der Waals surface area contributed by atoms with Crippen LogP contribution < -0.4 is 20.1 Å². The second kappa shape index (κ2) is 8.05. The summed E-state index contributed by atoms with van der Waals surface area (Å²) in [5.41, 5.74) is 3.75. The Morgan fingerprint density at radius 3 is 2.60 bits per heavy atom. The van der Waals surface area contributed by atoms with E-state index in [1.807, 2.05) is 42.5 Å². The van der Waals surface area contributed by atoms with Crippen LogP contribution in [0.25, 0.3) is 0 Å². The Balaban J connectivity index is 1.80. The van der Waals surface area contributed by atoms with Gasteiger partial charge in [0.15, 0.2) is 11.5 Å². The van der Waals surface area contributed by atoms with Crippen LogP contribution in [0, 0.1) is 11.3 Å². The van der Waals surface area contributed by atoms with Crippen LogP contribution in [-0.4, -0.2) is 19.5 Å². The number of nitrogens with one attached hydrogen (secondary N) is 2. The minimum atomic E-state index is -0.294. The SMILES string of the molecule is CCCOc1ccc([C@H]2Nc3ccccc3NC3=CC(C)(C)CC(=O)[C@@H]32)cc1OC. The van der Waals surface area contributed by atoms with Gasteiger partial charge in [-0.3, -0.25) is 4.79 Å². The van der Waals surface area contributed by atoms with Crippen LogP contribution in [0.2, 0.25) is 0 Å². The monoisotopic (exact) mass is 406 g/mol. The van der Waals surface area contributed by atoms with Gasteiger partial charge in [0.05, 0.1) is 37.1 Å². The lowest BCUT2D eigenvalue weighted by Crippen LogP contribution is -2.36. The molecular weight excluding hydrogens is 376 g/mol. The molecule has 0 saturated heterocycles. The van der Waals surface area contributed by atoms with Crippen LogP contribution in [0.5, 0.6) is 11.5 Å². The Bertz CT molecular complexity index is 980. The molecule has 1 heterocycles. The molecule has 0 spiro atoms. The summed E-state index contributed by atoms with van der Waals surface area (Å²) in [6.45, 7) is 6.93. The van der Waals surface area contributed by atoms with Crippen LogP contribution in [-0.2, 0) is 4.79 Å². The van der Waals surface area contributed by atoms with E-state index >= 15 is 0 Å². The van der Waals surface area contributed by atoms with E-state index in [-0.39, 0.29) is 23.2 Å². The summed E-state index contributed by atoms with van der Waals surface area (Å²) in [5, 5.41) is 7.16. The van der Waals surface area contributed by atoms with Crippen LogP contribution in [0.4, 0.5) is 11.4 Å². The molecule has 0 bridgehead atoms. The summed E-state index contributed by atoms with van der Waals surface area (Å²) in [6.07, 6.45) is 3.66. The Labute approximate surface area is 178 Å². The summed E-state index contributed by atoms with van der Waals surface area (Å²) in [7, 11) is 1.65. The van der Waals surface area contributed by atoms with E-state index in [4.69, 9.17) is 9.47 Å². The van der Waals surface area contributed by atoms with Gasteiger partial charge in [0.1, 0.15) is 5.78 Å². The lowest BCUT2D eigenvalue weighted by molar-refractivity contribution is -0.124. The fourth-order valence-electron chi connectivity index (χ4n) is 4.38. The zero-order valence-corrected chi connectivity index (χ0v) is 18.1. The van der Waals surface area contributed by atoms with Crippen molar-refractivity contribution in [3.8, 4) is 11.5 Å². The van der Waals surface area contributed by atoms with E-state index < -0.39 is 0 Å². The predicted octanol–water partition coefficient (Wildman–Crippen LogP) is 5.56. The van der Waals surface area contributed by atoms with Gasteiger partial charge in [0.25, 0.3) is 0 Å². The molecule has 0 aromatic heterocycles. The quantitative estimate of drug-likeness (QED) is 0.681. The number of fused-ring (bicyclic) bond motifs is 2. The van der Waals surface area contributed by atoms with Gasteiger partial charge in [0, 0.05) is 12.1 Å². The van der Waals surface area contributed by atoms with Crippen molar-refractivity contribution in [1.82, 2.24) is 0 Å². The Hall–Kier alpha value is -2.95. The zero-order valence-electron chi connectivity index (χ0n) is 18.1. The summed E-state index contributed by atoms with van der Waals surface area (Å²) in [4.78, 5) is 13.3. The molecule has 4 rings (SSSR count). The van der Waals surface area contributed by atoms with E-state index in [0.717, 1.165) is 34.8 Å². The summed E-state index contributed by atoms with van der Waals surface area (Å²) in [5.74, 6) is 1.35. The number of carbonyl (C=O) groups is 1. The molecule has 0 amide bonds. The van der Waals surface area contributed by atoms with Gasteiger partial charge in [-0.2, -0.15) is 0 Å². The first-order valence-corrected chi connectivity index (χ1v) is 10.6. The molecule has 2 atom stereocenters. The van der Waals surface area contributed by atoms with Crippen molar-refractivity contribution in [3.05, 3.63) is 59.8 Å². The number of anilines is 2. The van der Waals surface area contributed by atoms with Crippen molar-refractivity contribution in [2.75, 3.05) is 24.4 Å². The smallest absolute Gasteiger partial charge is 0.161 e. The highest BCUT2D eigenvalue weighted by atomic mass is 16.5. The molecule has 1 aliphatic carbocycles. The van der Waals surface area contributed by atoms with Crippen molar-refractivity contribution in [2.45, 2.75) is 39.7 Å². The van der Waals surface area contributed by atoms with Gasteiger partial charge in [0.2, 0.25) is 0 Å². The minimum absolute atomic E-state index is 0.171. The maximum atomic E-state index is 13.3. The minimum Gasteiger partial charge on any atom is -0.493 e. The van der Waals surface area contributed by atoms with Gasteiger partial charge in [-0.1, -0.05) is 45.0 Å². The van der Waals surface area contributed by atoms with Gasteiger partial charge >= 0.3 is 0 Å². The first kappa shape index (κ1) is 20.3. The largest absolute Gasteiger partial charge is 0.493 e. The molecule has 0 saturated carbocycles. The van der Waals surface area contributed by atoms with Crippen molar-refractivity contribution < 1.29 is 14.3 Å². The van der Waals surface area contributed by atoms with Crippen LogP contribution in [0.15, 0.2) is 54.2 Å². The average molecular weight is 407 g/mol. The van der Waals surface area contributed by atoms with Crippen molar-refractivity contribution in [2.24, 2.45) is 11.3 Å². The second-order valence-corrected chi connectivity index (χ2v) is 8.76. The molecule has 5 nitrogen and oxygen atoms in total. The molecule has 2 aromatic carbocycles. The van der Waals surface area contributed by atoms with Crippen molar-refractivity contribution in [1.29, 1.82) is 0 Å². The lowest BCUT2D eigenvalue weighted by Gasteiger charge is -2.35. The Kier molecular flexibility index (Phi) is 5.46. The number of allylic oxidation sites excluding steroid dienone is 1. The van der Waals surface area contributed by atoms with Crippen LogP contribution >= 0.6 is 0 Å². The van der Waals surface area contributed by atoms with E-state index in [1.165, 1.54) is 0 Å². The number of rotatable bonds is 5. The number of hydrogen-bond acceptors (Lipinski definition) is 5. The van der Waals surface area contributed by atoms with Gasteiger partial charge in [-0.15, -0.1) is 0 Å². The number of carbonyl (C=O) groups excluding carboxylic acids is 1. The van der Waals surface area contributed by atoms with Crippen LogP contribution in [0.3, 0.4) is 0 Å². The van der Waals surface area contributed by atoms with Gasteiger partial charge < -0.3 is 20.1 Å². The number of ether oxygens (including phenoxy) is 2. The fraction of sp³-hybridized carbons (Fsp3) is 0.400. The molecule has 5 heteroatoms. The molecule has 0 unspecified atom stereocenters.